The third-order valence-electron chi connectivity index (χ3n) is 2.62. The van der Waals surface area contributed by atoms with Crippen LogP contribution in [0.15, 0.2) is 18.2 Å². The molecule has 1 aromatic rings. The topological polar surface area (TPSA) is 133 Å². The third kappa shape index (κ3) is 5.30. The van der Waals surface area contributed by atoms with Crippen molar-refractivity contribution in [3.05, 3.63) is 23.8 Å². The van der Waals surface area contributed by atoms with Crippen LogP contribution in [-0.4, -0.2) is 48.7 Å². The maximum Gasteiger partial charge on any atom is 0.337 e. The van der Waals surface area contributed by atoms with E-state index in [1.807, 2.05) is 0 Å². The van der Waals surface area contributed by atoms with Gasteiger partial charge in [0, 0.05) is 12.3 Å². The van der Waals surface area contributed by atoms with Gasteiger partial charge < -0.3 is 20.8 Å². The second-order valence-corrected chi connectivity index (χ2v) is 6.63. The summed E-state index contributed by atoms with van der Waals surface area (Å²) in [6.45, 7) is 1.42. The Bertz CT molecular complexity index is 641. The predicted octanol–water partition coefficient (Wildman–Crippen LogP) is 0.647. The Balaban J connectivity index is 2.66. The molecule has 0 heterocycles. The fraction of sp³-hybridized carbons (Fsp3) is 0.333. The van der Waals surface area contributed by atoms with Crippen LogP contribution < -0.4 is 10.6 Å². The van der Waals surface area contributed by atoms with E-state index in [9.17, 15) is 23.1 Å². The van der Waals surface area contributed by atoms with Gasteiger partial charge in [0.2, 0.25) is 0 Å². The van der Waals surface area contributed by atoms with E-state index < -0.39 is 21.8 Å². The number of anilines is 1. The normalized spacial score (nSPS) is 10.9. The molecule has 0 radical (unpaired) electrons. The maximum absolute atomic E-state index is 11.6. The molecule has 8 nitrogen and oxygen atoms in total. The van der Waals surface area contributed by atoms with E-state index >= 15 is 0 Å². The Labute approximate surface area is 121 Å². The number of carbonyl (C=O) groups excluding carboxylic acids is 1. The zero-order valence-electron chi connectivity index (χ0n) is 11.3. The number of aromatic carboxylic acids is 1. The molecule has 0 aliphatic heterocycles. The summed E-state index contributed by atoms with van der Waals surface area (Å²) in [4.78, 5) is 22.6. The third-order valence-corrected chi connectivity index (χ3v) is 4.33. The number of sulfone groups is 1. The Kier molecular flexibility index (Phi) is 5.53. The molecule has 9 heteroatoms. The highest BCUT2D eigenvalue weighted by Crippen LogP contribution is 2.21. The van der Waals surface area contributed by atoms with Crippen LogP contribution in [0, 0.1) is 0 Å². The first kappa shape index (κ1) is 16.8. The number of aromatic hydroxyl groups is 1. The second kappa shape index (κ2) is 6.93. The summed E-state index contributed by atoms with van der Waals surface area (Å²) in [6, 6.07) is 2.74. The van der Waals surface area contributed by atoms with Crippen molar-refractivity contribution in [3.8, 4) is 5.75 Å². The molecule has 0 fully saturated rings. The van der Waals surface area contributed by atoms with E-state index in [2.05, 4.69) is 10.6 Å². The standard InChI is InChI=1S/C12H16N2O6S/c1-2-21(19,20)6-5-13-12(18)14-10-4-3-8(15)7-9(10)11(16)17/h3-4,7,15H,2,5-6H2,1H3,(H,16,17)(H2,13,14,18). The quantitative estimate of drug-likeness (QED) is 0.569. The molecule has 1 aromatic carbocycles. The van der Waals surface area contributed by atoms with Crippen LogP contribution in [0.3, 0.4) is 0 Å². The van der Waals surface area contributed by atoms with Crippen LogP contribution in [0.1, 0.15) is 17.3 Å². The van der Waals surface area contributed by atoms with E-state index in [0.29, 0.717) is 0 Å². The number of nitrogens with one attached hydrogen (secondary N) is 2. The average Bonchev–Trinajstić information content (AvgIpc) is 2.40. The molecule has 21 heavy (non-hydrogen) atoms. The van der Waals surface area contributed by atoms with Gasteiger partial charge in [0.15, 0.2) is 9.84 Å². The first-order chi connectivity index (χ1) is 9.75. The molecule has 4 N–H and O–H groups in total. The summed E-state index contributed by atoms with van der Waals surface area (Å²) in [5.41, 5.74) is -0.275. The average molecular weight is 316 g/mol. The Morgan fingerprint density at radius 1 is 1.29 bits per heavy atom. The number of carboxylic acid groups (broad SMARTS) is 1. The van der Waals surface area contributed by atoms with Gasteiger partial charge in [-0.25, -0.2) is 18.0 Å². The van der Waals surface area contributed by atoms with Gasteiger partial charge in [-0.2, -0.15) is 0 Å². The van der Waals surface area contributed by atoms with E-state index in [4.69, 9.17) is 5.11 Å². The van der Waals surface area contributed by atoms with E-state index in [1.165, 1.54) is 19.1 Å². The maximum atomic E-state index is 11.6. The highest BCUT2D eigenvalue weighted by molar-refractivity contribution is 7.91. The Morgan fingerprint density at radius 2 is 1.95 bits per heavy atom. The van der Waals surface area contributed by atoms with Crippen molar-refractivity contribution in [3.63, 3.8) is 0 Å². The van der Waals surface area contributed by atoms with E-state index in [1.54, 1.807) is 0 Å². The number of rotatable bonds is 6. The number of amides is 2. The van der Waals surface area contributed by atoms with Crippen molar-refractivity contribution in [2.75, 3.05) is 23.4 Å². The highest BCUT2D eigenvalue weighted by atomic mass is 32.2. The fourth-order valence-electron chi connectivity index (χ4n) is 1.45. The van der Waals surface area contributed by atoms with Gasteiger partial charge in [-0.15, -0.1) is 0 Å². The van der Waals surface area contributed by atoms with Gasteiger partial charge in [0.05, 0.1) is 17.0 Å². The number of hydrogen-bond donors (Lipinski definition) is 4. The lowest BCUT2D eigenvalue weighted by atomic mass is 10.1. The lowest BCUT2D eigenvalue weighted by Gasteiger charge is -2.10. The zero-order valence-corrected chi connectivity index (χ0v) is 12.1. The molecule has 0 aromatic heterocycles. The SMILES string of the molecule is CCS(=O)(=O)CCNC(=O)Nc1ccc(O)cc1C(=O)O. The van der Waals surface area contributed by atoms with Gasteiger partial charge in [-0.1, -0.05) is 6.92 Å². The number of benzene rings is 1. The Morgan fingerprint density at radius 3 is 2.52 bits per heavy atom. The summed E-state index contributed by atoms with van der Waals surface area (Å²) in [5, 5.41) is 22.8. The van der Waals surface area contributed by atoms with Gasteiger partial charge in [0.1, 0.15) is 5.75 Å². The van der Waals surface area contributed by atoms with Crippen LogP contribution in [0.2, 0.25) is 0 Å². The van der Waals surface area contributed by atoms with Gasteiger partial charge in [-0.05, 0) is 18.2 Å². The molecular weight excluding hydrogens is 300 g/mol. The van der Waals surface area contributed by atoms with Crippen molar-refractivity contribution in [1.29, 1.82) is 0 Å². The fourth-order valence-corrected chi connectivity index (χ4v) is 2.15. The van der Waals surface area contributed by atoms with Crippen LogP contribution in [0.25, 0.3) is 0 Å². The number of urea groups is 1. The summed E-state index contributed by atoms with van der Waals surface area (Å²) >= 11 is 0. The van der Waals surface area contributed by atoms with E-state index in [-0.39, 0.29) is 35.1 Å². The minimum atomic E-state index is -3.18. The molecule has 0 aliphatic rings. The summed E-state index contributed by atoms with van der Waals surface area (Å²) in [7, 11) is -3.18. The molecule has 1 rings (SSSR count). The number of carboxylic acids is 1. The lowest BCUT2D eigenvalue weighted by Crippen LogP contribution is -2.33. The number of hydrogen-bond acceptors (Lipinski definition) is 5. The molecule has 0 spiro atoms. The van der Waals surface area contributed by atoms with Crippen molar-refractivity contribution < 1.29 is 28.2 Å². The second-order valence-electron chi connectivity index (χ2n) is 4.15. The zero-order chi connectivity index (χ0) is 16.0. The van der Waals surface area contributed by atoms with Crippen molar-refractivity contribution in [1.82, 2.24) is 5.32 Å². The number of phenols is 1. The van der Waals surface area contributed by atoms with Crippen molar-refractivity contribution in [2.45, 2.75) is 6.92 Å². The number of carbonyl (C=O) groups is 2. The first-order valence-corrected chi connectivity index (χ1v) is 7.89. The monoisotopic (exact) mass is 316 g/mol. The van der Waals surface area contributed by atoms with Crippen LogP contribution in [-0.2, 0) is 9.84 Å². The van der Waals surface area contributed by atoms with Crippen LogP contribution in [0.4, 0.5) is 10.5 Å². The summed E-state index contributed by atoms with van der Waals surface area (Å²) in [5.74, 6) is -1.77. The van der Waals surface area contributed by atoms with Gasteiger partial charge in [-0.3, -0.25) is 0 Å². The van der Waals surface area contributed by atoms with Crippen LogP contribution >= 0.6 is 0 Å². The minimum Gasteiger partial charge on any atom is -0.508 e. The summed E-state index contributed by atoms with van der Waals surface area (Å²) < 4.78 is 22.5. The Hall–Kier alpha value is -2.29. The number of phenolic OH excluding ortho intramolecular Hbond substituents is 1. The molecule has 0 unspecified atom stereocenters. The molecule has 2 amide bonds. The summed E-state index contributed by atoms with van der Waals surface area (Å²) in [6.07, 6.45) is 0. The smallest absolute Gasteiger partial charge is 0.337 e. The van der Waals surface area contributed by atoms with Crippen LogP contribution in [0.5, 0.6) is 5.75 Å². The highest BCUT2D eigenvalue weighted by Gasteiger charge is 2.14. The van der Waals surface area contributed by atoms with Gasteiger partial charge >= 0.3 is 12.0 Å². The predicted molar refractivity (Wildman–Crippen MR) is 76.4 cm³/mol. The molecule has 0 atom stereocenters. The lowest BCUT2D eigenvalue weighted by molar-refractivity contribution is 0.0697. The largest absolute Gasteiger partial charge is 0.508 e. The molecule has 116 valence electrons. The molecule has 0 saturated heterocycles. The van der Waals surface area contributed by atoms with Crippen molar-refractivity contribution in [2.24, 2.45) is 0 Å². The molecule has 0 saturated carbocycles. The van der Waals surface area contributed by atoms with E-state index in [0.717, 1.165) is 6.07 Å². The minimum absolute atomic E-state index is 0.00357. The molecule has 0 bridgehead atoms. The van der Waals surface area contributed by atoms with Gasteiger partial charge in [0.25, 0.3) is 0 Å². The van der Waals surface area contributed by atoms with Crippen molar-refractivity contribution >= 4 is 27.5 Å². The molecular formula is C12H16N2O6S. The first-order valence-electron chi connectivity index (χ1n) is 6.06. The molecule has 0 aliphatic carbocycles.